The number of carbonyl (C=O) groups is 1. The SMILES string of the molecule is COc1ccc(NC(=O)C[NH+]2C[C@H](C)C[C@@H](C)C2)cc1OC. The molecule has 1 aromatic rings. The van der Waals surface area contributed by atoms with Crippen molar-refractivity contribution in [2.45, 2.75) is 20.3 Å². The molecule has 122 valence electrons. The Labute approximate surface area is 132 Å². The molecule has 1 amide bonds. The van der Waals surface area contributed by atoms with E-state index in [4.69, 9.17) is 9.47 Å². The fourth-order valence-electron chi connectivity index (χ4n) is 3.41. The van der Waals surface area contributed by atoms with Crippen LogP contribution in [0.15, 0.2) is 18.2 Å². The summed E-state index contributed by atoms with van der Waals surface area (Å²) >= 11 is 0. The summed E-state index contributed by atoms with van der Waals surface area (Å²) in [5, 5.41) is 2.95. The minimum Gasteiger partial charge on any atom is -0.493 e. The number of hydrogen-bond donors (Lipinski definition) is 2. The number of anilines is 1. The maximum Gasteiger partial charge on any atom is 0.279 e. The van der Waals surface area contributed by atoms with Crippen molar-refractivity contribution in [3.8, 4) is 11.5 Å². The Bertz CT molecular complexity index is 509. The third kappa shape index (κ3) is 4.37. The molecule has 0 aromatic heterocycles. The van der Waals surface area contributed by atoms with Crippen molar-refractivity contribution in [2.24, 2.45) is 11.8 Å². The van der Waals surface area contributed by atoms with Crippen molar-refractivity contribution in [3.63, 3.8) is 0 Å². The first kappa shape index (κ1) is 16.6. The van der Waals surface area contributed by atoms with Gasteiger partial charge in [0, 0.05) is 23.6 Å². The second kappa shape index (κ2) is 7.49. The zero-order chi connectivity index (χ0) is 16.1. The van der Waals surface area contributed by atoms with Gasteiger partial charge in [0.2, 0.25) is 0 Å². The maximum absolute atomic E-state index is 12.2. The number of methoxy groups -OCH3 is 2. The summed E-state index contributed by atoms with van der Waals surface area (Å²) in [5.74, 6) is 2.70. The number of hydrogen-bond acceptors (Lipinski definition) is 3. The molecule has 0 radical (unpaired) electrons. The van der Waals surface area contributed by atoms with E-state index in [-0.39, 0.29) is 5.91 Å². The first-order valence-electron chi connectivity index (χ1n) is 7.87. The summed E-state index contributed by atoms with van der Waals surface area (Å²) < 4.78 is 10.5. The average Bonchev–Trinajstić information content (AvgIpc) is 2.45. The van der Waals surface area contributed by atoms with Gasteiger partial charge in [-0.2, -0.15) is 0 Å². The highest BCUT2D eigenvalue weighted by Crippen LogP contribution is 2.29. The van der Waals surface area contributed by atoms with Crippen LogP contribution in [-0.2, 0) is 4.79 Å². The van der Waals surface area contributed by atoms with E-state index >= 15 is 0 Å². The number of benzene rings is 1. The fraction of sp³-hybridized carbons (Fsp3) is 0.588. The Kier molecular flexibility index (Phi) is 5.66. The molecule has 2 N–H and O–H groups in total. The van der Waals surface area contributed by atoms with Crippen LogP contribution in [0.3, 0.4) is 0 Å². The minimum absolute atomic E-state index is 0.0449. The van der Waals surface area contributed by atoms with Crippen LogP contribution in [0.4, 0.5) is 5.69 Å². The molecule has 2 rings (SSSR count). The van der Waals surface area contributed by atoms with Gasteiger partial charge in [0.25, 0.3) is 5.91 Å². The van der Waals surface area contributed by atoms with Gasteiger partial charge in [-0.3, -0.25) is 4.79 Å². The van der Waals surface area contributed by atoms with E-state index < -0.39 is 0 Å². The number of nitrogens with one attached hydrogen (secondary N) is 2. The van der Waals surface area contributed by atoms with Gasteiger partial charge in [-0.1, -0.05) is 13.8 Å². The van der Waals surface area contributed by atoms with Gasteiger partial charge in [0.15, 0.2) is 18.0 Å². The highest BCUT2D eigenvalue weighted by atomic mass is 16.5. The summed E-state index contributed by atoms with van der Waals surface area (Å²) in [6, 6.07) is 5.41. The summed E-state index contributed by atoms with van der Waals surface area (Å²) in [6.07, 6.45) is 1.26. The Morgan fingerprint density at radius 1 is 1.18 bits per heavy atom. The van der Waals surface area contributed by atoms with E-state index in [1.165, 1.54) is 11.3 Å². The zero-order valence-electron chi connectivity index (χ0n) is 13.9. The molecule has 5 heteroatoms. The smallest absolute Gasteiger partial charge is 0.279 e. The van der Waals surface area contributed by atoms with Crippen molar-refractivity contribution in [2.75, 3.05) is 39.2 Å². The first-order chi connectivity index (χ1) is 10.5. The quantitative estimate of drug-likeness (QED) is 0.859. The maximum atomic E-state index is 12.2. The Morgan fingerprint density at radius 2 is 1.82 bits per heavy atom. The molecule has 0 aliphatic carbocycles. The van der Waals surface area contributed by atoms with Crippen molar-refractivity contribution in [3.05, 3.63) is 18.2 Å². The molecule has 1 fully saturated rings. The molecule has 0 unspecified atom stereocenters. The number of piperidine rings is 1. The third-order valence-corrected chi connectivity index (χ3v) is 4.16. The van der Waals surface area contributed by atoms with Crippen LogP contribution in [-0.4, -0.2) is 39.8 Å². The van der Waals surface area contributed by atoms with Crippen molar-refractivity contribution >= 4 is 11.6 Å². The zero-order valence-corrected chi connectivity index (χ0v) is 13.9. The third-order valence-electron chi connectivity index (χ3n) is 4.16. The highest BCUT2D eigenvalue weighted by molar-refractivity contribution is 5.91. The molecule has 5 nitrogen and oxygen atoms in total. The number of carbonyl (C=O) groups excluding carboxylic acids is 1. The van der Waals surface area contributed by atoms with Gasteiger partial charge in [-0.25, -0.2) is 0 Å². The van der Waals surface area contributed by atoms with Gasteiger partial charge in [-0.05, 0) is 18.6 Å². The van der Waals surface area contributed by atoms with Crippen LogP contribution in [0.25, 0.3) is 0 Å². The standard InChI is InChI=1S/C17H26N2O3/c1-12-7-13(2)10-19(9-12)11-17(20)18-14-5-6-15(21-3)16(8-14)22-4/h5-6,8,12-13H,7,9-11H2,1-4H3,(H,18,20)/p+1/t12-,13-/m1/s1. The number of likely N-dealkylation sites (tertiary alicyclic amines) is 1. The highest BCUT2D eigenvalue weighted by Gasteiger charge is 2.26. The summed E-state index contributed by atoms with van der Waals surface area (Å²) in [4.78, 5) is 13.6. The van der Waals surface area contributed by atoms with Gasteiger partial charge >= 0.3 is 0 Å². The lowest BCUT2D eigenvalue weighted by molar-refractivity contribution is -0.904. The predicted octanol–water partition coefficient (Wildman–Crippen LogP) is 1.20. The van der Waals surface area contributed by atoms with Gasteiger partial charge in [0.1, 0.15) is 0 Å². The molecule has 1 saturated heterocycles. The molecule has 0 spiro atoms. The fourth-order valence-corrected chi connectivity index (χ4v) is 3.41. The van der Waals surface area contributed by atoms with Crippen LogP contribution in [0.2, 0.25) is 0 Å². The molecule has 1 aliphatic heterocycles. The van der Waals surface area contributed by atoms with Gasteiger partial charge in [-0.15, -0.1) is 0 Å². The number of ether oxygens (including phenoxy) is 2. The molecular weight excluding hydrogens is 280 g/mol. The topological polar surface area (TPSA) is 52.0 Å². The van der Waals surface area contributed by atoms with E-state index in [0.29, 0.717) is 29.9 Å². The van der Waals surface area contributed by atoms with Crippen molar-refractivity contribution in [1.29, 1.82) is 0 Å². The molecule has 1 aliphatic rings. The molecule has 1 aromatic carbocycles. The van der Waals surface area contributed by atoms with E-state index in [0.717, 1.165) is 18.8 Å². The lowest BCUT2D eigenvalue weighted by Crippen LogP contribution is -3.15. The number of rotatable bonds is 5. The molecule has 0 saturated carbocycles. The monoisotopic (exact) mass is 307 g/mol. The van der Waals surface area contributed by atoms with Crippen LogP contribution >= 0.6 is 0 Å². The van der Waals surface area contributed by atoms with E-state index in [9.17, 15) is 4.79 Å². The number of amides is 1. The van der Waals surface area contributed by atoms with E-state index in [1.54, 1.807) is 26.4 Å². The lowest BCUT2D eigenvalue weighted by Gasteiger charge is -2.31. The molecule has 0 bridgehead atoms. The molecule has 2 atom stereocenters. The minimum atomic E-state index is 0.0449. The largest absolute Gasteiger partial charge is 0.493 e. The van der Waals surface area contributed by atoms with Crippen LogP contribution in [0, 0.1) is 11.8 Å². The van der Waals surface area contributed by atoms with Crippen LogP contribution in [0.5, 0.6) is 11.5 Å². The molecular formula is C17H27N2O3+. The summed E-state index contributed by atoms with van der Waals surface area (Å²) in [6.45, 7) is 7.19. The Morgan fingerprint density at radius 3 is 2.41 bits per heavy atom. The lowest BCUT2D eigenvalue weighted by atomic mass is 9.92. The first-order valence-corrected chi connectivity index (χ1v) is 7.87. The van der Waals surface area contributed by atoms with E-state index in [2.05, 4.69) is 19.2 Å². The van der Waals surface area contributed by atoms with Gasteiger partial charge < -0.3 is 19.7 Å². The normalized spacial score (nSPS) is 24.6. The van der Waals surface area contributed by atoms with Crippen molar-refractivity contribution in [1.82, 2.24) is 0 Å². The Hall–Kier alpha value is -1.75. The van der Waals surface area contributed by atoms with Gasteiger partial charge in [0.05, 0.1) is 27.3 Å². The molecule has 1 heterocycles. The summed E-state index contributed by atoms with van der Waals surface area (Å²) in [7, 11) is 3.18. The second-order valence-electron chi connectivity index (χ2n) is 6.40. The second-order valence-corrected chi connectivity index (χ2v) is 6.40. The molecule has 22 heavy (non-hydrogen) atoms. The van der Waals surface area contributed by atoms with Crippen LogP contribution in [0.1, 0.15) is 20.3 Å². The van der Waals surface area contributed by atoms with E-state index in [1.807, 2.05) is 6.07 Å². The average molecular weight is 307 g/mol. The Balaban J connectivity index is 1.94. The van der Waals surface area contributed by atoms with Crippen molar-refractivity contribution < 1.29 is 19.2 Å². The predicted molar refractivity (Wildman–Crippen MR) is 86.7 cm³/mol. The number of quaternary nitrogens is 1. The summed E-state index contributed by atoms with van der Waals surface area (Å²) in [5.41, 5.74) is 0.736. The van der Waals surface area contributed by atoms with Crippen LogP contribution < -0.4 is 19.7 Å².